The summed E-state index contributed by atoms with van der Waals surface area (Å²) in [5.41, 5.74) is 2.52. The fraction of sp³-hybridized carbons (Fsp3) is 0.500. The van der Waals surface area contributed by atoms with E-state index < -0.39 is 0 Å². The summed E-state index contributed by atoms with van der Waals surface area (Å²) in [7, 11) is 0. The molecule has 0 spiro atoms. The Hall–Kier alpha value is -2.70. The van der Waals surface area contributed by atoms with Gasteiger partial charge < -0.3 is 14.9 Å². The van der Waals surface area contributed by atoms with Crippen molar-refractivity contribution in [2.75, 3.05) is 0 Å². The Morgan fingerprint density at radius 1 is 1.24 bits per heavy atom. The van der Waals surface area contributed by atoms with Crippen molar-refractivity contribution in [3.05, 3.63) is 47.6 Å². The highest BCUT2D eigenvalue weighted by atomic mass is 19.1. The number of nitrogens with one attached hydrogen (secondary N) is 2. The van der Waals surface area contributed by atoms with Gasteiger partial charge in [-0.25, -0.2) is 14.4 Å². The molecule has 0 radical (unpaired) electrons. The van der Waals surface area contributed by atoms with Gasteiger partial charge in [0.1, 0.15) is 17.5 Å². The van der Waals surface area contributed by atoms with Crippen molar-refractivity contribution in [2.24, 2.45) is 5.92 Å². The first kappa shape index (κ1) is 18.3. The number of carbonyl (C=O) groups excluding carboxylic acids is 1. The summed E-state index contributed by atoms with van der Waals surface area (Å²) in [4.78, 5) is 24.9. The number of amides is 1. The number of benzene rings is 1. The van der Waals surface area contributed by atoms with E-state index in [0.29, 0.717) is 29.3 Å². The van der Waals surface area contributed by atoms with Crippen molar-refractivity contribution < 1.29 is 9.18 Å². The van der Waals surface area contributed by atoms with E-state index in [1.165, 1.54) is 55.8 Å². The lowest BCUT2D eigenvalue weighted by Gasteiger charge is -2.27. The van der Waals surface area contributed by atoms with Crippen LogP contribution in [0, 0.1) is 11.7 Å². The van der Waals surface area contributed by atoms with Crippen LogP contribution >= 0.6 is 0 Å². The first-order valence-electron chi connectivity index (χ1n) is 10.6. The van der Waals surface area contributed by atoms with Crippen LogP contribution in [-0.2, 0) is 24.3 Å². The number of carbonyl (C=O) groups is 1. The highest BCUT2D eigenvalue weighted by molar-refractivity contribution is 5.79. The number of aromatic amines is 1. The molecule has 5 rings (SSSR count). The molecule has 29 heavy (non-hydrogen) atoms. The molecule has 1 fully saturated rings. The molecule has 152 valence electrons. The molecule has 1 atom stereocenters. The van der Waals surface area contributed by atoms with Crippen LogP contribution in [0.1, 0.15) is 61.8 Å². The van der Waals surface area contributed by atoms with Crippen LogP contribution in [-0.4, -0.2) is 25.4 Å². The number of hydrogen-bond donors (Lipinski definition) is 2. The molecule has 0 bridgehead atoms. The molecule has 3 aromatic rings. The number of aromatic nitrogens is 4. The van der Waals surface area contributed by atoms with Crippen molar-refractivity contribution in [3.63, 3.8) is 0 Å². The van der Waals surface area contributed by atoms with Gasteiger partial charge in [-0.15, -0.1) is 0 Å². The monoisotopic (exact) mass is 395 g/mol. The number of hydrogen-bond acceptors (Lipinski definition) is 3. The highest BCUT2D eigenvalue weighted by Gasteiger charge is 2.29. The standard InChI is InChI=1S/C22H26FN5O/c23-16-6-7-18-19(11-16)27-20(26-18)13-25-22(29)15-8-9-28-17(10-15)12-24-21(28)14-4-2-1-3-5-14/h6-7,11-12,14-15H,1-5,8-10,13H2,(H,25,29)(H,26,27). The number of halogens is 1. The number of fused-ring (bicyclic) bond motifs is 2. The van der Waals surface area contributed by atoms with Gasteiger partial charge in [0.05, 0.1) is 17.6 Å². The fourth-order valence-corrected chi connectivity index (χ4v) is 4.83. The molecule has 7 heteroatoms. The second kappa shape index (κ2) is 7.61. The van der Waals surface area contributed by atoms with Gasteiger partial charge in [0, 0.05) is 36.7 Å². The fourth-order valence-electron chi connectivity index (χ4n) is 4.83. The van der Waals surface area contributed by atoms with Crippen LogP contribution in [0.25, 0.3) is 11.0 Å². The summed E-state index contributed by atoms with van der Waals surface area (Å²) in [5.74, 6) is 2.15. The number of imidazole rings is 2. The second-order valence-electron chi connectivity index (χ2n) is 8.35. The number of rotatable bonds is 4. The maximum atomic E-state index is 13.3. The van der Waals surface area contributed by atoms with Gasteiger partial charge in [-0.3, -0.25) is 4.79 Å². The van der Waals surface area contributed by atoms with Crippen LogP contribution in [0.15, 0.2) is 24.4 Å². The molecule has 1 amide bonds. The average Bonchev–Trinajstić information content (AvgIpc) is 3.35. The van der Waals surface area contributed by atoms with E-state index >= 15 is 0 Å². The molecule has 2 aromatic heterocycles. The predicted molar refractivity (Wildman–Crippen MR) is 108 cm³/mol. The Labute approximate surface area is 168 Å². The van der Waals surface area contributed by atoms with E-state index in [1.807, 2.05) is 6.20 Å². The van der Waals surface area contributed by atoms with Gasteiger partial charge in [-0.05, 0) is 37.5 Å². The quantitative estimate of drug-likeness (QED) is 0.705. The van der Waals surface area contributed by atoms with Crippen molar-refractivity contribution in [1.29, 1.82) is 0 Å². The predicted octanol–water partition coefficient (Wildman–Crippen LogP) is 3.83. The molecule has 2 aliphatic rings. The third kappa shape index (κ3) is 3.66. The zero-order valence-electron chi connectivity index (χ0n) is 16.5. The van der Waals surface area contributed by atoms with Crippen LogP contribution in [0.3, 0.4) is 0 Å². The molecule has 0 saturated heterocycles. The summed E-state index contributed by atoms with van der Waals surface area (Å²) >= 11 is 0. The smallest absolute Gasteiger partial charge is 0.223 e. The van der Waals surface area contributed by atoms with Gasteiger partial charge >= 0.3 is 0 Å². The number of H-pyrrole nitrogens is 1. The van der Waals surface area contributed by atoms with E-state index in [9.17, 15) is 9.18 Å². The number of nitrogens with zero attached hydrogens (tertiary/aromatic N) is 3. The molecule has 1 aliphatic carbocycles. The molecular formula is C22H26FN5O. The lowest BCUT2D eigenvalue weighted by Crippen LogP contribution is -2.35. The largest absolute Gasteiger partial charge is 0.349 e. The van der Waals surface area contributed by atoms with Crippen LogP contribution in [0.5, 0.6) is 0 Å². The molecule has 1 saturated carbocycles. The maximum Gasteiger partial charge on any atom is 0.223 e. The average molecular weight is 395 g/mol. The van der Waals surface area contributed by atoms with Gasteiger partial charge in [0.15, 0.2) is 0 Å². The summed E-state index contributed by atoms with van der Waals surface area (Å²) < 4.78 is 15.7. The first-order valence-corrected chi connectivity index (χ1v) is 10.6. The van der Waals surface area contributed by atoms with E-state index in [2.05, 4.69) is 19.9 Å². The summed E-state index contributed by atoms with van der Waals surface area (Å²) in [6.45, 7) is 1.18. The second-order valence-corrected chi connectivity index (χ2v) is 8.35. The molecule has 1 aromatic carbocycles. The third-order valence-corrected chi connectivity index (χ3v) is 6.39. The highest BCUT2D eigenvalue weighted by Crippen LogP contribution is 2.34. The van der Waals surface area contributed by atoms with E-state index in [1.54, 1.807) is 6.07 Å². The Bertz CT molecular complexity index is 1030. The van der Waals surface area contributed by atoms with Gasteiger partial charge in [-0.1, -0.05) is 19.3 Å². The van der Waals surface area contributed by atoms with E-state index in [0.717, 1.165) is 19.4 Å². The topological polar surface area (TPSA) is 75.6 Å². The maximum absolute atomic E-state index is 13.3. The Kier molecular flexibility index (Phi) is 4.81. The first-order chi connectivity index (χ1) is 14.2. The van der Waals surface area contributed by atoms with Crippen LogP contribution < -0.4 is 5.32 Å². The Morgan fingerprint density at radius 2 is 2.10 bits per heavy atom. The lowest BCUT2D eigenvalue weighted by atomic mass is 9.88. The van der Waals surface area contributed by atoms with E-state index in [4.69, 9.17) is 4.98 Å². The van der Waals surface area contributed by atoms with E-state index in [-0.39, 0.29) is 17.6 Å². The molecule has 3 heterocycles. The van der Waals surface area contributed by atoms with Crippen LogP contribution in [0.4, 0.5) is 4.39 Å². The van der Waals surface area contributed by atoms with Gasteiger partial charge in [0.2, 0.25) is 5.91 Å². The zero-order chi connectivity index (χ0) is 19.8. The molecule has 2 N–H and O–H groups in total. The van der Waals surface area contributed by atoms with Gasteiger partial charge in [0.25, 0.3) is 0 Å². The Balaban J connectivity index is 1.22. The van der Waals surface area contributed by atoms with Crippen molar-refractivity contribution in [1.82, 2.24) is 24.8 Å². The van der Waals surface area contributed by atoms with Crippen molar-refractivity contribution in [3.8, 4) is 0 Å². The van der Waals surface area contributed by atoms with Crippen LogP contribution in [0.2, 0.25) is 0 Å². The lowest BCUT2D eigenvalue weighted by molar-refractivity contribution is -0.125. The van der Waals surface area contributed by atoms with Crippen molar-refractivity contribution >= 4 is 16.9 Å². The molecule has 1 unspecified atom stereocenters. The minimum absolute atomic E-state index is 0.0415. The summed E-state index contributed by atoms with van der Waals surface area (Å²) in [6.07, 6.45) is 9.95. The van der Waals surface area contributed by atoms with Gasteiger partial charge in [-0.2, -0.15) is 0 Å². The molecular weight excluding hydrogens is 369 g/mol. The summed E-state index contributed by atoms with van der Waals surface area (Å²) in [6, 6.07) is 4.44. The minimum Gasteiger partial charge on any atom is -0.349 e. The molecule has 6 nitrogen and oxygen atoms in total. The molecule has 1 aliphatic heterocycles. The zero-order valence-corrected chi connectivity index (χ0v) is 16.5. The third-order valence-electron chi connectivity index (χ3n) is 6.39. The normalized spacial score (nSPS) is 20.0. The Morgan fingerprint density at radius 3 is 2.97 bits per heavy atom. The minimum atomic E-state index is -0.303. The SMILES string of the molecule is O=C(NCc1nc2ccc(F)cc2[nH]1)C1CCn2c(cnc2C2CCCCC2)C1. The summed E-state index contributed by atoms with van der Waals surface area (Å²) in [5, 5.41) is 2.99. The van der Waals surface area contributed by atoms with Crippen molar-refractivity contribution in [2.45, 2.75) is 64.0 Å².